The van der Waals surface area contributed by atoms with E-state index in [4.69, 9.17) is 23.2 Å². The van der Waals surface area contributed by atoms with Gasteiger partial charge in [0.15, 0.2) is 0 Å². The number of benzene rings is 1. The number of carbonyl (C=O) groups is 2. The van der Waals surface area contributed by atoms with Gasteiger partial charge in [-0.3, -0.25) is 10.1 Å². The first-order valence-electron chi connectivity index (χ1n) is 4.61. The molecule has 0 aliphatic rings. The number of anilines is 1. The van der Waals surface area contributed by atoms with Crippen molar-refractivity contribution in [2.75, 3.05) is 5.32 Å². The van der Waals surface area contributed by atoms with Gasteiger partial charge < -0.3 is 5.32 Å². The molecule has 2 N–H and O–H groups in total. The molecule has 0 saturated carbocycles. The van der Waals surface area contributed by atoms with Gasteiger partial charge in [0, 0.05) is 9.50 Å². The molecule has 1 unspecified atom stereocenters. The van der Waals surface area contributed by atoms with Crippen LogP contribution in [-0.2, 0) is 4.79 Å². The van der Waals surface area contributed by atoms with Crippen LogP contribution in [0.25, 0.3) is 0 Å². The Morgan fingerprint density at radius 1 is 1.41 bits per heavy atom. The molecule has 0 aliphatic heterocycles. The van der Waals surface area contributed by atoms with Crippen molar-refractivity contribution in [1.82, 2.24) is 5.32 Å². The van der Waals surface area contributed by atoms with E-state index in [1.807, 2.05) is 0 Å². The number of rotatable bonds is 2. The predicted molar refractivity (Wildman–Crippen MR) is 71.6 cm³/mol. The Labute approximate surface area is 117 Å². The van der Waals surface area contributed by atoms with Crippen molar-refractivity contribution in [1.29, 1.82) is 0 Å². The number of nitrogens with one attached hydrogen (secondary N) is 2. The summed E-state index contributed by atoms with van der Waals surface area (Å²) >= 11 is 14.5. The van der Waals surface area contributed by atoms with Gasteiger partial charge in [0.05, 0.1) is 5.69 Å². The Balaban J connectivity index is 2.65. The molecule has 0 saturated heterocycles. The SMILES string of the molecule is CC(Cl)C(=O)NC(=O)Nc1ccc(Cl)cc1Br. The molecular weight excluding hydrogens is 331 g/mol. The second-order valence-electron chi connectivity index (χ2n) is 3.18. The second kappa shape index (κ2) is 6.23. The van der Waals surface area contributed by atoms with Gasteiger partial charge in [-0.05, 0) is 41.1 Å². The third-order valence-corrected chi connectivity index (χ3v) is 2.87. The number of hydrogen-bond donors (Lipinski definition) is 2. The fourth-order valence-electron chi connectivity index (χ4n) is 0.956. The highest BCUT2D eigenvalue weighted by atomic mass is 79.9. The van der Waals surface area contributed by atoms with Crippen LogP contribution in [0.15, 0.2) is 22.7 Å². The Bertz CT molecular complexity index is 452. The maximum Gasteiger partial charge on any atom is 0.325 e. The molecule has 1 aromatic rings. The normalized spacial score (nSPS) is 11.8. The van der Waals surface area contributed by atoms with Gasteiger partial charge in [-0.25, -0.2) is 4.79 Å². The highest BCUT2D eigenvalue weighted by Crippen LogP contribution is 2.25. The monoisotopic (exact) mass is 338 g/mol. The summed E-state index contributed by atoms with van der Waals surface area (Å²) in [7, 11) is 0. The third-order valence-electron chi connectivity index (χ3n) is 1.78. The van der Waals surface area contributed by atoms with Gasteiger partial charge in [0.1, 0.15) is 5.38 Å². The third kappa shape index (κ3) is 4.53. The van der Waals surface area contributed by atoms with Crippen LogP contribution in [0.3, 0.4) is 0 Å². The van der Waals surface area contributed by atoms with Crippen LogP contribution in [-0.4, -0.2) is 17.3 Å². The average Bonchev–Trinajstić information content (AvgIpc) is 2.22. The van der Waals surface area contributed by atoms with Crippen molar-refractivity contribution in [2.24, 2.45) is 0 Å². The first-order valence-corrected chi connectivity index (χ1v) is 6.22. The lowest BCUT2D eigenvalue weighted by Gasteiger charge is -2.09. The lowest BCUT2D eigenvalue weighted by atomic mass is 10.3. The van der Waals surface area contributed by atoms with E-state index >= 15 is 0 Å². The molecule has 17 heavy (non-hydrogen) atoms. The summed E-state index contributed by atoms with van der Waals surface area (Å²) in [6, 6.07) is 4.21. The molecule has 0 radical (unpaired) electrons. The average molecular weight is 340 g/mol. The molecule has 0 aromatic heterocycles. The standard InChI is InChI=1S/C10H9BrCl2N2O2/c1-5(12)9(16)15-10(17)14-8-3-2-6(13)4-7(8)11/h2-5H,1H3,(H2,14,15,16,17). The molecule has 0 bridgehead atoms. The number of imide groups is 1. The van der Waals surface area contributed by atoms with E-state index in [9.17, 15) is 9.59 Å². The van der Waals surface area contributed by atoms with E-state index in [1.165, 1.54) is 6.92 Å². The highest BCUT2D eigenvalue weighted by molar-refractivity contribution is 9.10. The number of urea groups is 1. The van der Waals surface area contributed by atoms with E-state index < -0.39 is 17.3 Å². The smallest absolute Gasteiger partial charge is 0.307 e. The maximum atomic E-state index is 11.4. The van der Waals surface area contributed by atoms with Gasteiger partial charge in [0.2, 0.25) is 5.91 Å². The molecule has 1 aromatic carbocycles. The minimum atomic E-state index is -0.769. The fourth-order valence-corrected chi connectivity index (χ4v) is 1.79. The lowest BCUT2D eigenvalue weighted by molar-refractivity contribution is -0.119. The van der Waals surface area contributed by atoms with Gasteiger partial charge in [-0.1, -0.05) is 11.6 Å². The van der Waals surface area contributed by atoms with Crippen LogP contribution < -0.4 is 10.6 Å². The summed E-state index contributed by atoms with van der Waals surface area (Å²) in [5, 5.41) is 4.35. The van der Waals surface area contributed by atoms with Crippen molar-refractivity contribution in [3.8, 4) is 0 Å². The summed E-state index contributed by atoms with van der Waals surface area (Å²) in [5.41, 5.74) is 0.502. The maximum absolute atomic E-state index is 11.4. The van der Waals surface area contributed by atoms with E-state index in [0.717, 1.165) is 0 Å². The van der Waals surface area contributed by atoms with E-state index in [1.54, 1.807) is 18.2 Å². The number of halogens is 3. The van der Waals surface area contributed by atoms with Crippen LogP contribution in [0, 0.1) is 0 Å². The Hall–Kier alpha value is -0.780. The van der Waals surface area contributed by atoms with Crippen LogP contribution >= 0.6 is 39.1 Å². The van der Waals surface area contributed by atoms with Gasteiger partial charge in [0.25, 0.3) is 0 Å². The van der Waals surface area contributed by atoms with E-state index in [0.29, 0.717) is 15.2 Å². The molecule has 4 nitrogen and oxygen atoms in total. The summed E-state index contributed by atoms with van der Waals surface area (Å²) in [6.07, 6.45) is 0. The van der Waals surface area contributed by atoms with E-state index in [-0.39, 0.29) is 0 Å². The quantitative estimate of drug-likeness (QED) is 0.811. The van der Waals surface area contributed by atoms with Crippen molar-refractivity contribution in [2.45, 2.75) is 12.3 Å². The summed E-state index contributed by atoms with van der Waals surface area (Å²) < 4.78 is 0.617. The largest absolute Gasteiger partial charge is 0.325 e. The zero-order valence-electron chi connectivity index (χ0n) is 8.76. The molecular formula is C10H9BrCl2N2O2. The van der Waals surface area contributed by atoms with Crippen molar-refractivity contribution < 1.29 is 9.59 Å². The molecule has 1 atom stereocenters. The van der Waals surface area contributed by atoms with Crippen LogP contribution in [0.4, 0.5) is 10.5 Å². The van der Waals surface area contributed by atoms with E-state index in [2.05, 4.69) is 26.6 Å². The Morgan fingerprint density at radius 3 is 2.59 bits per heavy atom. The number of hydrogen-bond acceptors (Lipinski definition) is 2. The van der Waals surface area contributed by atoms with Gasteiger partial charge in [-0.2, -0.15) is 0 Å². The van der Waals surface area contributed by atoms with Gasteiger partial charge in [-0.15, -0.1) is 11.6 Å². The topological polar surface area (TPSA) is 58.2 Å². The Kier molecular flexibility index (Phi) is 5.24. The zero-order chi connectivity index (χ0) is 13.0. The molecule has 1 rings (SSSR count). The number of carbonyl (C=O) groups excluding carboxylic acids is 2. The summed E-state index contributed by atoms with van der Waals surface area (Å²) in [4.78, 5) is 22.6. The zero-order valence-corrected chi connectivity index (χ0v) is 11.9. The van der Waals surface area contributed by atoms with Crippen LogP contribution in [0.2, 0.25) is 5.02 Å². The molecule has 0 heterocycles. The van der Waals surface area contributed by atoms with Crippen LogP contribution in [0.5, 0.6) is 0 Å². The predicted octanol–water partition coefficient (Wildman–Crippen LogP) is 3.38. The molecule has 0 aliphatic carbocycles. The minimum Gasteiger partial charge on any atom is -0.307 e. The number of amides is 3. The van der Waals surface area contributed by atoms with Crippen molar-refractivity contribution in [3.05, 3.63) is 27.7 Å². The first-order chi connectivity index (χ1) is 7.90. The second-order valence-corrected chi connectivity index (χ2v) is 5.13. The highest BCUT2D eigenvalue weighted by Gasteiger charge is 2.13. The molecule has 0 fully saturated rings. The molecule has 92 valence electrons. The lowest BCUT2D eigenvalue weighted by Crippen LogP contribution is -2.38. The van der Waals surface area contributed by atoms with Crippen molar-refractivity contribution in [3.63, 3.8) is 0 Å². The minimum absolute atomic E-state index is 0.502. The Morgan fingerprint density at radius 2 is 2.06 bits per heavy atom. The first kappa shape index (κ1) is 14.3. The number of alkyl halides is 1. The molecule has 0 spiro atoms. The molecule has 3 amide bonds. The van der Waals surface area contributed by atoms with Crippen LogP contribution in [0.1, 0.15) is 6.92 Å². The van der Waals surface area contributed by atoms with Gasteiger partial charge >= 0.3 is 6.03 Å². The fraction of sp³-hybridized carbons (Fsp3) is 0.200. The molecule has 7 heteroatoms. The summed E-state index contributed by atoms with van der Waals surface area (Å²) in [6.45, 7) is 1.47. The van der Waals surface area contributed by atoms with Crippen molar-refractivity contribution >= 4 is 56.8 Å². The summed E-state index contributed by atoms with van der Waals surface area (Å²) in [5.74, 6) is -0.561.